The summed E-state index contributed by atoms with van der Waals surface area (Å²) in [5.41, 5.74) is 0. The van der Waals surface area contributed by atoms with Crippen molar-refractivity contribution < 1.29 is 8.42 Å². The van der Waals surface area contributed by atoms with E-state index in [0.29, 0.717) is 6.42 Å². The highest BCUT2D eigenvalue weighted by molar-refractivity contribution is 7.89. The molecular formula is C10H25NO2S. The molecule has 3 nitrogen and oxygen atoms in total. The molecule has 0 amide bonds. The van der Waals surface area contributed by atoms with E-state index in [0.717, 1.165) is 25.2 Å². The van der Waals surface area contributed by atoms with Crippen molar-refractivity contribution in [2.24, 2.45) is 11.1 Å². The van der Waals surface area contributed by atoms with E-state index < -0.39 is 10.0 Å². The third-order valence-electron chi connectivity index (χ3n) is 1.28. The summed E-state index contributed by atoms with van der Waals surface area (Å²) < 4.78 is 20.7. The lowest BCUT2D eigenvalue weighted by Crippen LogP contribution is -2.16. The molecule has 0 aromatic rings. The molecule has 2 N–H and O–H groups in total. The molecule has 0 spiro atoms. The molecule has 4 heteroatoms. The van der Waals surface area contributed by atoms with Crippen molar-refractivity contribution in [3.63, 3.8) is 0 Å². The van der Waals surface area contributed by atoms with Crippen molar-refractivity contribution in [3.05, 3.63) is 0 Å². The number of hydrogen-bond acceptors (Lipinski definition) is 2. The second-order valence-electron chi connectivity index (χ2n) is 4.16. The molecule has 0 fully saturated rings. The van der Waals surface area contributed by atoms with Gasteiger partial charge in [0.2, 0.25) is 10.0 Å². The third kappa shape index (κ3) is 29.7. The summed E-state index contributed by atoms with van der Waals surface area (Å²) in [7, 11) is -3.20. The highest BCUT2D eigenvalue weighted by atomic mass is 32.2. The number of primary sulfonamides is 1. The molecule has 0 aromatic heterocycles. The average Bonchev–Trinajstić information content (AvgIpc) is 1.95. The van der Waals surface area contributed by atoms with Gasteiger partial charge in [0.05, 0.1) is 5.75 Å². The van der Waals surface area contributed by atoms with Crippen LogP contribution in [-0.4, -0.2) is 14.2 Å². The van der Waals surface area contributed by atoms with E-state index in [1.54, 1.807) is 0 Å². The molecule has 14 heavy (non-hydrogen) atoms. The summed E-state index contributed by atoms with van der Waals surface area (Å²) in [4.78, 5) is 0. The van der Waals surface area contributed by atoms with Crippen LogP contribution in [0.15, 0.2) is 0 Å². The van der Waals surface area contributed by atoms with Crippen LogP contribution in [0.25, 0.3) is 0 Å². The van der Waals surface area contributed by atoms with Crippen molar-refractivity contribution in [3.8, 4) is 0 Å². The highest BCUT2D eigenvalue weighted by Crippen LogP contribution is 1.99. The number of nitrogens with two attached hydrogens (primary N) is 1. The van der Waals surface area contributed by atoms with Gasteiger partial charge in [-0.15, -0.1) is 0 Å². The second-order valence-corrected chi connectivity index (χ2v) is 5.89. The Hall–Kier alpha value is -0.0900. The quantitative estimate of drug-likeness (QED) is 0.728. The van der Waals surface area contributed by atoms with Crippen molar-refractivity contribution >= 4 is 10.0 Å². The maximum absolute atomic E-state index is 10.4. The Labute approximate surface area is 89.1 Å². The van der Waals surface area contributed by atoms with Crippen LogP contribution < -0.4 is 5.14 Å². The Morgan fingerprint density at radius 1 is 1.07 bits per heavy atom. The monoisotopic (exact) mass is 223 g/mol. The molecular weight excluding hydrogens is 198 g/mol. The predicted molar refractivity (Wildman–Crippen MR) is 62.6 cm³/mol. The van der Waals surface area contributed by atoms with Crippen LogP contribution in [0.4, 0.5) is 0 Å². The fraction of sp³-hybridized carbons (Fsp3) is 1.00. The standard InChI is InChI=1S/C6H15NO2S.C4H10/c1-2-3-4-5-6-10(7,8)9;1-4(2)3/h2-6H2,1H3,(H2,7,8,9);4H,1-3H3. The van der Waals surface area contributed by atoms with E-state index >= 15 is 0 Å². The normalized spacial score (nSPS) is 11.0. The molecule has 0 rings (SSSR count). The molecule has 0 unspecified atom stereocenters. The van der Waals surface area contributed by atoms with E-state index in [-0.39, 0.29) is 5.75 Å². The Morgan fingerprint density at radius 3 is 1.79 bits per heavy atom. The summed E-state index contributed by atoms with van der Waals surface area (Å²) in [6.45, 7) is 8.58. The zero-order valence-electron chi connectivity index (χ0n) is 9.91. The number of sulfonamides is 1. The molecule has 0 aliphatic heterocycles. The van der Waals surface area contributed by atoms with E-state index in [9.17, 15) is 8.42 Å². The lowest BCUT2D eigenvalue weighted by Gasteiger charge is -1.96. The summed E-state index contributed by atoms with van der Waals surface area (Å²) in [6, 6.07) is 0. The van der Waals surface area contributed by atoms with Crippen LogP contribution in [0.2, 0.25) is 0 Å². The fourth-order valence-corrected chi connectivity index (χ4v) is 1.34. The molecule has 0 aromatic carbocycles. The minimum atomic E-state index is -3.20. The number of hydrogen-bond donors (Lipinski definition) is 1. The average molecular weight is 223 g/mol. The van der Waals surface area contributed by atoms with E-state index in [1.165, 1.54) is 0 Å². The van der Waals surface area contributed by atoms with Gasteiger partial charge in [-0.25, -0.2) is 13.6 Å². The molecule has 0 bridgehead atoms. The zero-order valence-corrected chi connectivity index (χ0v) is 10.7. The van der Waals surface area contributed by atoms with E-state index in [1.807, 2.05) is 0 Å². The van der Waals surface area contributed by atoms with Gasteiger partial charge in [0.1, 0.15) is 0 Å². The first kappa shape index (κ1) is 16.3. The molecule has 0 saturated heterocycles. The van der Waals surface area contributed by atoms with Gasteiger partial charge < -0.3 is 0 Å². The highest BCUT2D eigenvalue weighted by Gasteiger charge is 1.99. The first-order valence-electron chi connectivity index (χ1n) is 5.30. The van der Waals surface area contributed by atoms with Gasteiger partial charge in [0, 0.05) is 0 Å². The Morgan fingerprint density at radius 2 is 1.50 bits per heavy atom. The first-order chi connectivity index (χ1) is 6.29. The van der Waals surface area contributed by atoms with Gasteiger partial charge in [0.25, 0.3) is 0 Å². The van der Waals surface area contributed by atoms with Gasteiger partial charge >= 0.3 is 0 Å². The molecule has 0 saturated carbocycles. The fourth-order valence-electron chi connectivity index (χ4n) is 0.730. The van der Waals surface area contributed by atoms with Crippen LogP contribution in [0, 0.1) is 5.92 Å². The largest absolute Gasteiger partial charge is 0.229 e. The lowest BCUT2D eigenvalue weighted by molar-refractivity contribution is 0.590. The van der Waals surface area contributed by atoms with Crippen molar-refractivity contribution in [1.29, 1.82) is 0 Å². The van der Waals surface area contributed by atoms with Gasteiger partial charge in [-0.2, -0.15) is 0 Å². The predicted octanol–water partition coefficient (Wildman–Crippen LogP) is 2.52. The smallest absolute Gasteiger partial charge is 0.209 e. The van der Waals surface area contributed by atoms with E-state index in [2.05, 4.69) is 27.7 Å². The van der Waals surface area contributed by atoms with Gasteiger partial charge in [0.15, 0.2) is 0 Å². The van der Waals surface area contributed by atoms with Crippen LogP contribution in [0.5, 0.6) is 0 Å². The van der Waals surface area contributed by atoms with Gasteiger partial charge in [-0.1, -0.05) is 47.0 Å². The summed E-state index contributed by atoms with van der Waals surface area (Å²) in [6.07, 6.45) is 3.87. The van der Waals surface area contributed by atoms with Gasteiger partial charge in [-0.3, -0.25) is 0 Å². The topological polar surface area (TPSA) is 60.2 Å². The molecule has 0 aliphatic carbocycles. The summed E-state index contributed by atoms with van der Waals surface area (Å²) >= 11 is 0. The maximum atomic E-state index is 10.4. The minimum absolute atomic E-state index is 0.132. The maximum Gasteiger partial charge on any atom is 0.209 e. The summed E-state index contributed by atoms with van der Waals surface area (Å²) in [5.74, 6) is 0.965. The molecule has 0 radical (unpaired) electrons. The van der Waals surface area contributed by atoms with Crippen molar-refractivity contribution in [1.82, 2.24) is 0 Å². The first-order valence-corrected chi connectivity index (χ1v) is 7.01. The number of rotatable bonds is 5. The lowest BCUT2D eigenvalue weighted by atomic mass is 10.2. The zero-order chi connectivity index (χ0) is 11.6. The molecule has 88 valence electrons. The molecule has 0 atom stereocenters. The summed E-state index contributed by atoms with van der Waals surface area (Å²) in [5, 5.41) is 4.79. The van der Waals surface area contributed by atoms with Crippen LogP contribution in [0.3, 0.4) is 0 Å². The SMILES string of the molecule is CC(C)C.CCCCCCS(N)(=O)=O. The Bertz CT molecular complexity index is 195. The minimum Gasteiger partial charge on any atom is -0.229 e. The van der Waals surface area contributed by atoms with Crippen LogP contribution in [-0.2, 0) is 10.0 Å². The van der Waals surface area contributed by atoms with Gasteiger partial charge in [-0.05, 0) is 12.3 Å². The molecule has 0 heterocycles. The Kier molecular flexibility index (Phi) is 11.0. The van der Waals surface area contributed by atoms with Crippen LogP contribution >= 0.6 is 0 Å². The van der Waals surface area contributed by atoms with E-state index in [4.69, 9.17) is 5.14 Å². The van der Waals surface area contributed by atoms with Crippen molar-refractivity contribution in [2.75, 3.05) is 5.75 Å². The third-order valence-corrected chi connectivity index (χ3v) is 2.14. The Balaban J connectivity index is 0. The second kappa shape index (κ2) is 9.46. The van der Waals surface area contributed by atoms with Crippen molar-refractivity contribution in [2.45, 2.75) is 53.4 Å². The number of unbranched alkanes of at least 4 members (excludes halogenated alkanes) is 3. The van der Waals surface area contributed by atoms with Crippen LogP contribution in [0.1, 0.15) is 53.4 Å². The molecule has 0 aliphatic rings.